The molecule has 19 heavy (non-hydrogen) atoms. The van der Waals surface area contributed by atoms with Gasteiger partial charge in [0.1, 0.15) is 18.5 Å². The van der Waals surface area contributed by atoms with Crippen molar-refractivity contribution in [3.63, 3.8) is 0 Å². The molecule has 0 aliphatic carbocycles. The summed E-state index contributed by atoms with van der Waals surface area (Å²) in [5.74, 6) is 0.614. The first kappa shape index (κ1) is 14.5. The van der Waals surface area contributed by atoms with E-state index in [0.717, 1.165) is 24.2 Å². The zero-order valence-electron chi connectivity index (χ0n) is 11.2. The highest BCUT2D eigenvalue weighted by molar-refractivity contribution is 9.10. The van der Waals surface area contributed by atoms with Crippen LogP contribution in [-0.4, -0.2) is 50.1 Å². The predicted octanol–water partition coefficient (Wildman–Crippen LogP) is 2.36. The Morgan fingerprint density at radius 2 is 2.37 bits per heavy atom. The van der Waals surface area contributed by atoms with Gasteiger partial charge in [-0.05, 0) is 32.2 Å². The minimum Gasteiger partial charge on any atom is -0.490 e. The van der Waals surface area contributed by atoms with Crippen LogP contribution in [0.4, 0.5) is 0 Å². The van der Waals surface area contributed by atoms with Crippen LogP contribution in [0, 0.1) is 0 Å². The fraction of sp³-hybridized carbons (Fsp3) is 0.500. The second-order valence-corrected chi connectivity index (χ2v) is 5.68. The summed E-state index contributed by atoms with van der Waals surface area (Å²) in [6.45, 7) is 4.53. The molecule has 0 spiro atoms. The number of hydrogen-bond acceptors (Lipinski definition) is 4. The summed E-state index contributed by atoms with van der Waals surface area (Å²) in [5, 5.41) is 0. The molecule has 0 saturated carbocycles. The number of morpholine rings is 1. The van der Waals surface area contributed by atoms with E-state index in [2.05, 4.69) is 27.9 Å². The normalized spacial score (nSPS) is 20.3. The van der Waals surface area contributed by atoms with Crippen LogP contribution < -0.4 is 4.74 Å². The van der Waals surface area contributed by atoms with E-state index >= 15 is 0 Å². The molecule has 1 aliphatic heterocycles. The van der Waals surface area contributed by atoms with Gasteiger partial charge in [0.05, 0.1) is 12.2 Å². The number of rotatable bonds is 4. The molecule has 0 N–H and O–H groups in total. The molecule has 0 radical (unpaired) electrons. The van der Waals surface area contributed by atoms with Gasteiger partial charge in [-0.1, -0.05) is 15.9 Å². The lowest BCUT2D eigenvalue weighted by Gasteiger charge is -2.30. The first-order valence-corrected chi connectivity index (χ1v) is 7.09. The standard InChI is InChI=1S/C14H18BrNO3/c1-10(17)13-4-3-11(15)7-14(13)19-9-12-8-16(2)5-6-18-12/h3-4,7,12H,5-6,8-9H2,1-2H3. The summed E-state index contributed by atoms with van der Waals surface area (Å²) in [5.41, 5.74) is 0.604. The third-order valence-electron chi connectivity index (χ3n) is 3.09. The molecule has 1 aliphatic rings. The van der Waals surface area contributed by atoms with Gasteiger partial charge in [-0.15, -0.1) is 0 Å². The highest BCUT2D eigenvalue weighted by atomic mass is 79.9. The minimum absolute atomic E-state index is 0.00387. The van der Waals surface area contributed by atoms with Gasteiger partial charge >= 0.3 is 0 Å². The maximum absolute atomic E-state index is 11.5. The third-order valence-corrected chi connectivity index (χ3v) is 3.58. The Bertz CT molecular complexity index is 464. The molecule has 1 aromatic rings. The number of benzene rings is 1. The molecule has 0 bridgehead atoms. The molecular formula is C14H18BrNO3. The van der Waals surface area contributed by atoms with Crippen LogP contribution in [0.2, 0.25) is 0 Å². The van der Waals surface area contributed by atoms with Crippen LogP contribution in [0.15, 0.2) is 22.7 Å². The van der Waals surface area contributed by atoms with Crippen molar-refractivity contribution in [3.05, 3.63) is 28.2 Å². The molecule has 1 saturated heterocycles. The zero-order chi connectivity index (χ0) is 13.8. The van der Waals surface area contributed by atoms with Crippen LogP contribution >= 0.6 is 15.9 Å². The van der Waals surface area contributed by atoms with E-state index in [4.69, 9.17) is 9.47 Å². The van der Waals surface area contributed by atoms with E-state index in [-0.39, 0.29) is 11.9 Å². The van der Waals surface area contributed by atoms with Crippen LogP contribution in [0.5, 0.6) is 5.75 Å². The van der Waals surface area contributed by atoms with Gasteiger partial charge in [0.15, 0.2) is 5.78 Å². The Morgan fingerprint density at radius 3 is 3.05 bits per heavy atom. The molecule has 5 heteroatoms. The summed E-state index contributed by atoms with van der Waals surface area (Å²) in [4.78, 5) is 13.8. The first-order chi connectivity index (χ1) is 9.06. The molecule has 2 rings (SSSR count). The molecule has 104 valence electrons. The first-order valence-electron chi connectivity index (χ1n) is 6.29. The average Bonchev–Trinajstić information content (AvgIpc) is 2.36. The molecular weight excluding hydrogens is 310 g/mol. The monoisotopic (exact) mass is 327 g/mol. The van der Waals surface area contributed by atoms with E-state index in [9.17, 15) is 4.79 Å². The Labute approximate surface area is 121 Å². The second-order valence-electron chi connectivity index (χ2n) is 4.76. The summed E-state index contributed by atoms with van der Waals surface area (Å²) in [7, 11) is 2.07. The number of ether oxygens (including phenoxy) is 2. The van der Waals surface area contributed by atoms with E-state index in [1.807, 2.05) is 12.1 Å². The topological polar surface area (TPSA) is 38.8 Å². The van der Waals surface area contributed by atoms with Crippen LogP contribution in [-0.2, 0) is 4.74 Å². The molecule has 1 fully saturated rings. The van der Waals surface area contributed by atoms with E-state index in [0.29, 0.717) is 17.9 Å². The van der Waals surface area contributed by atoms with Crippen LogP contribution in [0.1, 0.15) is 17.3 Å². The van der Waals surface area contributed by atoms with Gasteiger partial charge in [0.25, 0.3) is 0 Å². The predicted molar refractivity (Wildman–Crippen MR) is 76.9 cm³/mol. The molecule has 1 aromatic carbocycles. The lowest BCUT2D eigenvalue weighted by Crippen LogP contribution is -2.42. The number of carbonyl (C=O) groups is 1. The third kappa shape index (κ3) is 4.03. The number of nitrogens with zero attached hydrogens (tertiary/aromatic N) is 1. The fourth-order valence-electron chi connectivity index (χ4n) is 2.06. The van der Waals surface area contributed by atoms with Crippen LogP contribution in [0.3, 0.4) is 0 Å². The van der Waals surface area contributed by atoms with Gasteiger partial charge in [0.2, 0.25) is 0 Å². The molecule has 1 heterocycles. The summed E-state index contributed by atoms with van der Waals surface area (Å²) in [6, 6.07) is 5.44. The number of carbonyl (C=O) groups excluding carboxylic acids is 1. The lowest BCUT2D eigenvalue weighted by atomic mass is 10.1. The highest BCUT2D eigenvalue weighted by Gasteiger charge is 2.19. The van der Waals surface area contributed by atoms with Gasteiger partial charge in [0, 0.05) is 17.6 Å². The Hall–Kier alpha value is -0.910. The molecule has 1 unspecified atom stereocenters. The largest absolute Gasteiger partial charge is 0.490 e. The molecule has 0 amide bonds. The minimum atomic E-state index is 0.00387. The van der Waals surface area contributed by atoms with Gasteiger partial charge in [-0.3, -0.25) is 4.79 Å². The quantitative estimate of drug-likeness (QED) is 0.796. The van der Waals surface area contributed by atoms with Gasteiger partial charge in [-0.25, -0.2) is 0 Å². The SMILES string of the molecule is CC(=O)c1ccc(Br)cc1OCC1CN(C)CCO1. The molecule has 0 aromatic heterocycles. The summed E-state index contributed by atoms with van der Waals surface area (Å²) < 4.78 is 12.3. The zero-order valence-corrected chi connectivity index (χ0v) is 12.8. The average molecular weight is 328 g/mol. The van der Waals surface area contributed by atoms with E-state index in [1.165, 1.54) is 0 Å². The van der Waals surface area contributed by atoms with Crippen molar-refractivity contribution in [2.45, 2.75) is 13.0 Å². The van der Waals surface area contributed by atoms with Crippen molar-refractivity contribution in [2.24, 2.45) is 0 Å². The number of halogens is 1. The van der Waals surface area contributed by atoms with Crippen molar-refractivity contribution < 1.29 is 14.3 Å². The second kappa shape index (κ2) is 6.50. The Kier molecular flexibility index (Phi) is 4.96. The van der Waals surface area contributed by atoms with E-state index < -0.39 is 0 Å². The van der Waals surface area contributed by atoms with Crippen LogP contribution in [0.25, 0.3) is 0 Å². The highest BCUT2D eigenvalue weighted by Crippen LogP contribution is 2.24. The smallest absolute Gasteiger partial charge is 0.163 e. The van der Waals surface area contributed by atoms with Crippen molar-refractivity contribution in [3.8, 4) is 5.75 Å². The molecule has 4 nitrogen and oxygen atoms in total. The number of hydrogen-bond donors (Lipinski definition) is 0. The number of Topliss-reactive ketones (excluding diaryl/α,β-unsaturated/α-hetero) is 1. The maximum atomic E-state index is 11.5. The lowest BCUT2D eigenvalue weighted by molar-refractivity contribution is -0.0404. The van der Waals surface area contributed by atoms with Crippen molar-refractivity contribution in [2.75, 3.05) is 33.4 Å². The fourth-order valence-corrected chi connectivity index (χ4v) is 2.40. The summed E-state index contributed by atoms with van der Waals surface area (Å²) >= 11 is 3.39. The van der Waals surface area contributed by atoms with Crippen molar-refractivity contribution >= 4 is 21.7 Å². The number of ketones is 1. The van der Waals surface area contributed by atoms with Gasteiger partial charge in [-0.2, -0.15) is 0 Å². The molecule has 1 atom stereocenters. The van der Waals surface area contributed by atoms with Gasteiger partial charge < -0.3 is 14.4 Å². The van der Waals surface area contributed by atoms with Crippen molar-refractivity contribution in [1.29, 1.82) is 0 Å². The Morgan fingerprint density at radius 1 is 1.58 bits per heavy atom. The number of likely N-dealkylation sites (N-methyl/N-ethyl adjacent to an activating group) is 1. The summed E-state index contributed by atoms with van der Waals surface area (Å²) in [6.07, 6.45) is 0.0533. The maximum Gasteiger partial charge on any atom is 0.163 e. The van der Waals surface area contributed by atoms with Crippen molar-refractivity contribution in [1.82, 2.24) is 4.90 Å². The van der Waals surface area contributed by atoms with E-state index in [1.54, 1.807) is 13.0 Å². The Balaban J connectivity index is 2.02.